The number of hydrogen-bond acceptors (Lipinski definition) is 27. The predicted molar refractivity (Wildman–Crippen MR) is 336 cm³/mol. The minimum atomic E-state index is -1.59. The highest BCUT2D eigenvalue weighted by Gasteiger charge is 2.67. The molecule has 27 heteroatoms. The van der Waals surface area contributed by atoms with Gasteiger partial charge in [-0.3, -0.25) is 9.59 Å². The second-order valence-electron chi connectivity index (χ2n) is 30.1. The quantitative estimate of drug-likeness (QED) is 0.0983. The van der Waals surface area contributed by atoms with Gasteiger partial charge < -0.3 is 120 Å². The lowest BCUT2D eigenvalue weighted by Gasteiger charge is -2.59. The number of carbonyl (C=O) groups excluding carboxylic acids is 2. The molecule has 3 saturated carbocycles. The Kier molecular flexibility index (Phi) is 22.9. The number of fused-ring (bicyclic) bond motifs is 6. The molecule has 0 radical (unpaired) electrons. The van der Waals surface area contributed by atoms with E-state index < -0.39 is 177 Å². The van der Waals surface area contributed by atoms with E-state index in [0.29, 0.717) is 30.6 Å². The average molecular weight is 1380 g/mol. The monoisotopic (exact) mass is 1380 g/mol. The Balaban J connectivity index is 0.596. The van der Waals surface area contributed by atoms with Crippen LogP contribution in [0.15, 0.2) is 23.5 Å². The third-order valence-electron chi connectivity index (χ3n) is 24.2. The zero-order chi connectivity index (χ0) is 69.4. The van der Waals surface area contributed by atoms with Gasteiger partial charge in [-0.15, -0.1) is 0 Å². The molecule has 7 saturated heterocycles. The van der Waals surface area contributed by atoms with Crippen LogP contribution in [-0.4, -0.2) is 251 Å². The van der Waals surface area contributed by atoms with Crippen LogP contribution in [0.2, 0.25) is 0 Å². The molecule has 552 valence electrons. The van der Waals surface area contributed by atoms with E-state index in [-0.39, 0.29) is 67.1 Å². The van der Waals surface area contributed by atoms with Crippen LogP contribution in [0.25, 0.3) is 0 Å². The molecule has 0 amide bonds. The Morgan fingerprint density at radius 3 is 1.91 bits per heavy atom. The van der Waals surface area contributed by atoms with Crippen molar-refractivity contribution in [2.45, 2.75) is 343 Å². The molecule has 10 fully saturated rings. The maximum Gasteiger partial charge on any atom is 0.303 e. The van der Waals surface area contributed by atoms with Gasteiger partial charge in [0.1, 0.15) is 42.7 Å². The van der Waals surface area contributed by atoms with Crippen LogP contribution < -0.4 is 0 Å². The lowest BCUT2D eigenvalue weighted by molar-refractivity contribution is -0.447. The van der Waals surface area contributed by atoms with Gasteiger partial charge in [-0.05, 0) is 136 Å². The summed E-state index contributed by atoms with van der Waals surface area (Å²) < 4.78 is 131. The van der Waals surface area contributed by atoms with Crippen molar-refractivity contribution in [2.24, 2.45) is 28.6 Å². The predicted octanol–water partition coefficient (Wildman–Crippen LogP) is 5.42. The van der Waals surface area contributed by atoms with Crippen LogP contribution in [0, 0.1) is 28.6 Å². The molecule has 1 spiro atoms. The van der Waals surface area contributed by atoms with Gasteiger partial charge in [0, 0.05) is 59.4 Å². The van der Waals surface area contributed by atoms with Crippen LogP contribution in [0.1, 0.15) is 160 Å². The molecule has 1 unspecified atom stereocenters. The molecular formula is C70H110O27. The number of ether oxygens (including phenoxy) is 21. The van der Waals surface area contributed by atoms with E-state index in [1.54, 1.807) is 40.9 Å². The number of aliphatic hydroxyl groups is 4. The number of methoxy groups -OCH3 is 4. The fourth-order valence-electron chi connectivity index (χ4n) is 19.0. The maximum absolute atomic E-state index is 13.1. The lowest BCUT2D eigenvalue weighted by atomic mass is 9.46. The van der Waals surface area contributed by atoms with Gasteiger partial charge in [0.2, 0.25) is 6.29 Å². The molecule has 12 rings (SSSR count). The first-order valence-electron chi connectivity index (χ1n) is 35.6. The largest absolute Gasteiger partial charge is 0.493 e. The summed E-state index contributed by atoms with van der Waals surface area (Å²) in [5, 5.41) is 47.0. The second kappa shape index (κ2) is 29.9. The highest BCUT2D eigenvalue weighted by Crippen LogP contribution is 2.68. The lowest BCUT2D eigenvalue weighted by Crippen LogP contribution is -2.62. The number of hydrogen-bond donors (Lipinski definition) is 4. The summed E-state index contributed by atoms with van der Waals surface area (Å²) >= 11 is 0. The van der Waals surface area contributed by atoms with Crippen LogP contribution in [-0.2, 0) is 109 Å². The van der Waals surface area contributed by atoms with Crippen LogP contribution in [0.5, 0.6) is 0 Å². The van der Waals surface area contributed by atoms with Gasteiger partial charge in [-0.1, -0.05) is 25.5 Å². The Hall–Kier alpha value is -2.50. The molecule has 0 bridgehead atoms. The third-order valence-corrected chi connectivity index (χ3v) is 24.2. The average Bonchev–Trinajstić information content (AvgIpc) is 1.60. The number of Topliss-reactive ketones (excluding diaryl/α,β-unsaturated/α-hetero) is 1. The molecule has 0 aromatic carbocycles. The normalized spacial score (nSPS) is 51.4. The first-order chi connectivity index (χ1) is 46.1. The molecule has 27 nitrogen and oxygen atoms in total. The van der Waals surface area contributed by atoms with Crippen molar-refractivity contribution in [1.29, 1.82) is 0 Å². The summed E-state index contributed by atoms with van der Waals surface area (Å²) in [6, 6.07) is 0. The molecular weight excluding hydrogens is 1270 g/mol. The number of esters is 1. The number of aliphatic hydroxyl groups excluding tert-OH is 3. The number of rotatable bonds is 18. The van der Waals surface area contributed by atoms with Crippen molar-refractivity contribution in [3.05, 3.63) is 23.5 Å². The van der Waals surface area contributed by atoms with Crippen molar-refractivity contribution in [3.8, 4) is 0 Å². The van der Waals surface area contributed by atoms with Crippen molar-refractivity contribution in [1.82, 2.24) is 0 Å². The van der Waals surface area contributed by atoms with Crippen molar-refractivity contribution in [3.63, 3.8) is 0 Å². The van der Waals surface area contributed by atoms with E-state index in [9.17, 15) is 30.0 Å². The molecule has 4 aliphatic carbocycles. The number of carbonyl (C=O) groups is 2. The van der Waals surface area contributed by atoms with Crippen LogP contribution in [0.3, 0.4) is 0 Å². The fraction of sp³-hybridized carbons (Fsp3) is 0.914. The van der Waals surface area contributed by atoms with Crippen molar-refractivity contribution in [2.75, 3.05) is 35.2 Å². The molecule has 35 atom stereocenters. The fourth-order valence-corrected chi connectivity index (χ4v) is 19.0. The van der Waals surface area contributed by atoms with E-state index in [1.165, 1.54) is 33.8 Å². The summed E-state index contributed by atoms with van der Waals surface area (Å²) in [5.41, 5.74) is -0.0477. The van der Waals surface area contributed by atoms with E-state index in [1.807, 2.05) is 27.7 Å². The smallest absolute Gasteiger partial charge is 0.303 e. The zero-order valence-electron chi connectivity index (χ0n) is 59.1. The van der Waals surface area contributed by atoms with Crippen LogP contribution in [0.4, 0.5) is 0 Å². The maximum atomic E-state index is 13.1. The molecule has 8 heterocycles. The van der Waals surface area contributed by atoms with E-state index in [0.717, 1.165) is 44.9 Å². The minimum absolute atomic E-state index is 0.00805. The third kappa shape index (κ3) is 14.6. The van der Waals surface area contributed by atoms with Crippen LogP contribution >= 0.6 is 0 Å². The SMILES string of the molecule is COC1=C[C@@H](C)OC(O[C@H]2CC[C@@]3(C)C(=CC[C@@H]4[C@@H]3CC[C@@]3(C)[C@H]4CC[C@]3(O)[C@H](C)O[C@H]3C[C@H]4OCO[C@@]5(C[C@@H](OC)[C@H](O[C@H]6C[C@H](O)[C@H](O[C@H]7C[C@@H](O)[C@H](O[C@H]8C[C@H](OC)[C@H](O[C@@H]9O[C@H](C)[C@H](O)[C@H](OC)[C@H]9OC(C)=O)[C@@H](C)O8)[C@@H](C)O7)[C@@H](C)O6)[C@@H](C)O5)O[C@@H]4[C@@H](C)O3)C2)C1=O. The van der Waals surface area contributed by atoms with Crippen molar-refractivity contribution < 1.29 is 129 Å². The van der Waals surface area contributed by atoms with E-state index >= 15 is 0 Å². The number of allylic oxidation sites excluding steroid dienone is 1. The van der Waals surface area contributed by atoms with Gasteiger partial charge >= 0.3 is 5.97 Å². The van der Waals surface area contributed by atoms with E-state index in [2.05, 4.69) is 19.9 Å². The summed E-state index contributed by atoms with van der Waals surface area (Å²) in [6.07, 6.45) is -9.10. The first-order valence-corrected chi connectivity index (χ1v) is 35.6. The standard InChI is InChI=1S/C70H110O27/c1-32-24-48(77-12)57(75)65(83-32)91-42-18-21-67(10)41(25-42)16-17-43-44(67)19-22-68(11)45(43)20-23-69(68,76)39(8)89-54-29-50-62(37(6)87-54)97-70(82-31-81-50)30-51(79-14)61(38(7)96-70)94-53-27-47(73)58(34(3)85-53)92-52-26-46(72)59(35(4)84-52)93-55-28-49(78-13)60(36(5)86-55)95-66-64(90-40(9)71)63(80-15)56(74)33(2)88-66/h16,24,32-39,42-47,49-56,58-66,72-74,76H,17-23,25-31H2,1-15H3/t32-,33-,34-,35-,36-,37-,38-,39+,42+,43-,44+,45+,46-,47+,49+,50-,51-,52+,53+,54+,55+,56+,58-,59-,60-,61-,62-,63+,64-,65?,66+,67+,68+,69+,70-/m1/s1. The van der Waals surface area contributed by atoms with E-state index in [4.69, 9.17) is 99.5 Å². The minimum Gasteiger partial charge on any atom is -0.493 e. The molecule has 4 N–H and O–H groups in total. The summed E-state index contributed by atoms with van der Waals surface area (Å²) in [6.45, 7) is 20.4. The van der Waals surface area contributed by atoms with Gasteiger partial charge in [-0.2, -0.15) is 0 Å². The molecule has 0 aromatic heterocycles. The topological polar surface area (TPSA) is 309 Å². The highest BCUT2D eigenvalue weighted by molar-refractivity contribution is 5.96. The Morgan fingerprint density at radius 1 is 0.639 bits per heavy atom. The van der Waals surface area contributed by atoms with Gasteiger partial charge in [0.25, 0.3) is 11.8 Å². The first kappa shape index (κ1) is 74.2. The Bertz CT molecular complexity index is 2740. The van der Waals surface area contributed by atoms with Gasteiger partial charge in [-0.25, -0.2) is 0 Å². The summed E-state index contributed by atoms with van der Waals surface area (Å²) in [4.78, 5) is 25.2. The highest BCUT2D eigenvalue weighted by atomic mass is 16.9. The molecule has 12 aliphatic rings. The van der Waals surface area contributed by atoms with Gasteiger partial charge in [0.05, 0.1) is 105 Å². The Labute approximate surface area is 569 Å². The van der Waals surface area contributed by atoms with Gasteiger partial charge in [0.15, 0.2) is 50.1 Å². The summed E-state index contributed by atoms with van der Waals surface area (Å²) in [5.74, 6) is -0.971. The molecule has 0 aromatic rings. The summed E-state index contributed by atoms with van der Waals surface area (Å²) in [7, 11) is 6.02. The number of ketones is 1. The molecule has 8 aliphatic heterocycles. The zero-order valence-corrected chi connectivity index (χ0v) is 59.1. The second-order valence-corrected chi connectivity index (χ2v) is 30.1. The molecule has 97 heavy (non-hydrogen) atoms. The van der Waals surface area contributed by atoms with Crippen molar-refractivity contribution >= 4 is 11.8 Å². The Morgan fingerprint density at radius 2 is 1.27 bits per heavy atom.